The van der Waals surface area contributed by atoms with E-state index in [0.29, 0.717) is 0 Å². The summed E-state index contributed by atoms with van der Waals surface area (Å²) < 4.78 is 36.9. The first-order valence-corrected chi connectivity index (χ1v) is 10.1. The van der Waals surface area contributed by atoms with Crippen molar-refractivity contribution < 1.29 is 32.3 Å². The Hall–Kier alpha value is -1.92. The van der Waals surface area contributed by atoms with E-state index in [4.69, 9.17) is 38.4 Å². The highest BCUT2D eigenvalue weighted by molar-refractivity contribution is 7.89. The number of nitrogens with zero attached hydrogens (tertiary/aromatic N) is 1. The van der Waals surface area contributed by atoms with Crippen LogP contribution < -0.4 is 11.1 Å². The first-order valence-electron chi connectivity index (χ1n) is 7.92. The average Bonchev–Trinajstić information content (AvgIpc) is 2.61. The first-order chi connectivity index (χ1) is 13.0. The number of nitrogens with one attached hydrogen (secondary N) is 1. The van der Waals surface area contributed by atoms with Crippen molar-refractivity contribution in [2.24, 2.45) is 5.73 Å². The van der Waals surface area contributed by atoms with Gasteiger partial charge in [-0.15, -0.1) is 0 Å². The maximum atomic E-state index is 12.8. The Bertz CT molecular complexity index is 901. The second-order valence-electron chi connectivity index (χ2n) is 5.68. The third-order valence-corrected chi connectivity index (χ3v) is 6.40. The van der Waals surface area contributed by atoms with Crippen molar-refractivity contribution in [2.75, 3.05) is 26.3 Å². The van der Waals surface area contributed by atoms with E-state index in [0.717, 1.165) is 12.1 Å². The predicted molar refractivity (Wildman–Crippen MR) is 98.6 cm³/mol. The topological polar surface area (TPSA) is 145 Å². The third-order valence-electron chi connectivity index (χ3n) is 3.73. The molecule has 13 heteroatoms. The normalized spacial score (nSPS) is 16.2. The Balaban J connectivity index is 2.31. The molecule has 1 atom stereocenters. The zero-order valence-electron chi connectivity index (χ0n) is 14.6. The standard InChI is InChI=1S/C15H17Cl2N3O7S/c1-8(13(21)19-15(18)23)27-14(22)9-6-12(11(17)7-10(9)16)28(24,25)20-2-4-26-5-3-20/h6-8H,2-5H2,1H3,(H3,18,19,21,23). The van der Waals surface area contributed by atoms with Gasteiger partial charge in [-0.2, -0.15) is 4.31 Å². The van der Waals surface area contributed by atoms with Crippen LogP contribution in [0.25, 0.3) is 0 Å². The Morgan fingerprint density at radius 2 is 1.82 bits per heavy atom. The molecule has 1 fully saturated rings. The average molecular weight is 454 g/mol. The molecule has 3 N–H and O–H groups in total. The Morgan fingerprint density at radius 3 is 2.39 bits per heavy atom. The number of hydrogen-bond donors (Lipinski definition) is 2. The van der Waals surface area contributed by atoms with Gasteiger partial charge in [0.25, 0.3) is 5.91 Å². The van der Waals surface area contributed by atoms with Crippen molar-refractivity contribution in [1.82, 2.24) is 9.62 Å². The minimum absolute atomic E-state index is 0.130. The fourth-order valence-electron chi connectivity index (χ4n) is 2.31. The Morgan fingerprint density at radius 1 is 1.21 bits per heavy atom. The lowest BCUT2D eigenvalue weighted by Gasteiger charge is -2.26. The van der Waals surface area contributed by atoms with Gasteiger partial charge in [-0.1, -0.05) is 23.2 Å². The molecule has 10 nitrogen and oxygen atoms in total. The molecule has 154 valence electrons. The molecule has 0 saturated carbocycles. The van der Waals surface area contributed by atoms with Crippen LogP contribution in [0.2, 0.25) is 10.0 Å². The fourth-order valence-corrected chi connectivity index (χ4v) is 4.54. The van der Waals surface area contributed by atoms with Gasteiger partial charge in [0, 0.05) is 13.1 Å². The fraction of sp³-hybridized carbons (Fsp3) is 0.400. The molecule has 1 aliphatic heterocycles. The van der Waals surface area contributed by atoms with Gasteiger partial charge in [0.1, 0.15) is 4.90 Å². The maximum Gasteiger partial charge on any atom is 0.340 e. The van der Waals surface area contributed by atoms with Crippen molar-refractivity contribution in [1.29, 1.82) is 0 Å². The number of sulfonamides is 1. The number of amides is 3. The number of carbonyl (C=O) groups excluding carboxylic acids is 3. The first kappa shape index (κ1) is 22.4. The molecular weight excluding hydrogens is 437 g/mol. The number of primary amides is 1. The second-order valence-corrected chi connectivity index (χ2v) is 8.40. The van der Waals surface area contributed by atoms with Crippen LogP contribution in [-0.4, -0.2) is 63.0 Å². The van der Waals surface area contributed by atoms with Crippen LogP contribution in [0.15, 0.2) is 17.0 Å². The van der Waals surface area contributed by atoms with Crippen LogP contribution in [0.4, 0.5) is 4.79 Å². The number of imide groups is 1. The van der Waals surface area contributed by atoms with Crippen LogP contribution >= 0.6 is 23.2 Å². The summed E-state index contributed by atoms with van der Waals surface area (Å²) in [5, 5.41) is 1.41. The summed E-state index contributed by atoms with van der Waals surface area (Å²) in [6.07, 6.45) is -1.38. The van der Waals surface area contributed by atoms with E-state index in [1.54, 1.807) is 5.32 Å². The van der Waals surface area contributed by atoms with Gasteiger partial charge in [-0.3, -0.25) is 10.1 Å². The van der Waals surface area contributed by atoms with Crippen molar-refractivity contribution >= 4 is 51.1 Å². The van der Waals surface area contributed by atoms with Crippen molar-refractivity contribution in [2.45, 2.75) is 17.9 Å². The monoisotopic (exact) mass is 453 g/mol. The van der Waals surface area contributed by atoms with E-state index in [9.17, 15) is 22.8 Å². The summed E-state index contributed by atoms with van der Waals surface area (Å²) in [5.41, 5.74) is 4.52. The van der Waals surface area contributed by atoms with Gasteiger partial charge in [-0.05, 0) is 19.1 Å². The summed E-state index contributed by atoms with van der Waals surface area (Å²) in [6.45, 7) is 1.92. The molecule has 1 aromatic carbocycles. The van der Waals surface area contributed by atoms with E-state index in [-0.39, 0.29) is 46.8 Å². The third kappa shape index (κ3) is 5.11. The highest BCUT2D eigenvalue weighted by Crippen LogP contribution is 2.31. The molecule has 1 aliphatic rings. The molecular formula is C15H17Cl2N3O7S. The van der Waals surface area contributed by atoms with Crippen molar-refractivity contribution in [3.05, 3.63) is 27.7 Å². The lowest BCUT2D eigenvalue weighted by atomic mass is 10.2. The number of benzene rings is 1. The number of hydrogen-bond acceptors (Lipinski definition) is 7. The molecule has 0 bridgehead atoms. The van der Waals surface area contributed by atoms with Crippen LogP contribution in [0.3, 0.4) is 0 Å². The lowest BCUT2D eigenvalue weighted by Crippen LogP contribution is -2.42. The van der Waals surface area contributed by atoms with Gasteiger partial charge in [0.05, 0.1) is 28.8 Å². The van der Waals surface area contributed by atoms with E-state index >= 15 is 0 Å². The molecule has 0 radical (unpaired) electrons. The van der Waals surface area contributed by atoms with Gasteiger partial charge < -0.3 is 15.2 Å². The molecule has 28 heavy (non-hydrogen) atoms. The van der Waals surface area contributed by atoms with Gasteiger partial charge in [0.2, 0.25) is 10.0 Å². The van der Waals surface area contributed by atoms with Crippen LogP contribution in [0.1, 0.15) is 17.3 Å². The number of halogens is 2. The number of morpholine rings is 1. The largest absolute Gasteiger partial charge is 0.449 e. The van der Waals surface area contributed by atoms with E-state index in [1.165, 1.54) is 11.2 Å². The molecule has 0 aliphatic carbocycles. The molecule has 2 rings (SSSR count). The highest BCUT2D eigenvalue weighted by atomic mass is 35.5. The maximum absolute atomic E-state index is 12.8. The quantitative estimate of drug-likeness (QED) is 0.625. The number of nitrogens with two attached hydrogens (primary N) is 1. The zero-order valence-corrected chi connectivity index (χ0v) is 16.9. The zero-order chi connectivity index (χ0) is 21.1. The number of carbonyl (C=O) groups is 3. The van der Waals surface area contributed by atoms with Crippen molar-refractivity contribution in [3.63, 3.8) is 0 Å². The lowest BCUT2D eigenvalue weighted by molar-refractivity contribution is -0.127. The highest BCUT2D eigenvalue weighted by Gasteiger charge is 2.31. The number of esters is 1. The smallest absolute Gasteiger partial charge is 0.340 e. The molecule has 1 heterocycles. The predicted octanol–water partition coefficient (Wildman–Crippen LogP) is 0.755. The van der Waals surface area contributed by atoms with Crippen LogP contribution in [0.5, 0.6) is 0 Å². The van der Waals surface area contributed by atoms with E-state index in [2.05, 4.69) is 0 Å². The summed E-state index contributed by atoms with van der Waals surface area (Å²) in [7, 11) is -4.01. The van der Waals surface area contributed by atoms with E-state index < -0.39 is 34.0 Å². The summed E-state index contributed by atoms with van der Waals surface area (Å²) in [5.74, 6) is -2.03. The van der Waals surface area contributed by atoms with Crippen LogP contribution in [-0.2, 0) is 24.3 Å². The molecule has 0 aromatic heterocycles. The Kier molecular flexibility index (Phi) is 7.23. The van der Waals surface area contributed by atoms with Crippen LogP contribution in [0, 0.1) is 0 Å². The Labute approximate surface area is 170 Å². The van der Waals surface area contributed by atoms with Gasteiger partial charge in [-0.25, -0.2) is 18.0 Å². The van der Waals surface area contributed by atoms with Crippen molar-refractivity contribution in [3.8, 4) is 0 Å². The number of ether oxygens (including phenoxy) is 2. The van der Waals surface area contributed by atoms with E-state index in [1.807, 2.05) is 0 Å². The number of urea groups is 1. The molecule has 1 aromatic rings. The summed E-state index contributed by atoms with van der Waals surface area (Å²) in [6, 6.07) is 0.967. The number of rotatable bonds is 5. The van der Waals surface area contributed by atoms with Gasteiger partial charge >= 0.3 is 12.0 Å². The minimum atomic E-state index is -4.01. The second kappa shape index (κ2) is 9.05. The minimum Gasteiger partial charge on any atom is -0.449 e. The molecule has 1 saturated heterocycles. The molecule has 0 spiro atoms. The molecule has 3 amide bonds. The van der Waals surface area contributed by atoms with Gasteiger partial charge in [0.15, 0.2) is 6.10 Å². The summed E-state index contributed by atoms with van der Waals surface area (Å²) in [4.78, 5) is 34.4. The molecule has 1 unspecified atom stereocenters. The summed E-state index contributed by atoms with van der Waals surface area (Å²) >= 11 is 12.0. The SMILES string of the molecule is CC(OC(=O)c1cc(S(=O)(=O)N2CCOCC2)c(Cl)cc1Cl)C(=O)NC(N)=O.